The number of nitrogens with zero attached hydrogens (tertiary/aromatic N) is 3. The van der Waals surface area contributed by atoms with Crippen molar-refractivity contribution in [2.24, 2.45) is 5.92 Å². The van der Waals surface area contributed by atoms with Crippen molar-refractivity contribution in [2.45, 2.75) is 48.2 Å². The second-order valence-corrected chi connectivity index (χ2v) is 10.6. The Morgan fingerprint density at radius 2 is 1.85 bits per heavy atom. The van der Waals surface area contributed by atoms with Gasteiger partial charge in [0.15, 0.2) is 0 Å². The number of morpholine rings is 1. The third-order valence-corrected chi connectivity index (χ3v) is 7.84. The lowest BCUT2D eigenvalue weighted by atomic mass is 9.91. The van der Waals surface area contributed by atoms with Gasteiger partial charge in [-0.3, -0.25) is 9.78 Å². The summed E-state index contributed by atoms with van der Waals surface area (Å²) < 4.78 is 67.2. The molecule has 0 aromatic carbocycles. The standard InChI is InChI=1S/C20H25F3N4O5S/c21-20(22,23)33(30,31)15-8-14(9-24-10-15)7-13-1-4-26(5-2-13)19(29)27-6-3-17-16(11-27)25-18(28)12-32-17/h8-10,13,16-17H,1-7,11-12H2,(H,25,28)/t16-,17+/m1/s1. The summed E-state index contributed by atoms with van der Waals surface area (Å²) in [6.45, 7) is 1.96. The smallest absolute Gasteiger partial charge is 0.366 e. The molecule has 3 aliphatic rings. The number of halogens is 3. The van der Waals surface area contributed by atoms with Gasteiger partial charge in [0.1, 0.15) is 6.61 Å². The van der Waals surface area contributed by atoms with Crippen LogP contribution in [-0.2, 0) is 25.8 Å². The predicted octanol–water partition coefficient (Wildman–Crippen LogP) is 1.34. The van der Waals surface area contributed by atoms with Crippen molar-refractivity contribution in [1.82, 2.24) is 20.1 Å². The first-order chi connectivity index (χ1) is 15.5. The zero-order valence-electron chi connectivity index (χ0n) is 17.8. The maximum Gasteiger partial charge on any atom is 0.501 e. The first kappa shape index (κ1) is 23.7. The molecule has 9 nitrogen and oxygen atoms in total. The number of alkyl halides is 3. The number of carbonyl (C=O) groups excluding carboxylic acids is 2. The van der Waals surface area contributed by atoms with Gasteiger partial charge in [0.05, 0.1) is 17.0 Å². The molecule has 3 aliphatic heterocycles. The van der Waals surface area contributed by atoms with Crippen LogP contribution in [0.3, 0.4) is 0 Å². The van der Waals surface area contributed by atoms with E-state index in [9.17, 15) is 31.2 Å². The average molecular weight is 491 g/mol. The number of aromatic nitrogens is 1. The SMILES string of the molecule is O=C1CO[C@H]2CCN(C(=O)N3CCC(Cc4cncc(S(=O)(=O)C(F)(F)F)c4)CC3)C[C@H]2N1. The van der Waals surface area contributed by atoms with Crippen LogP contribution in [0.5, 0.6) is 0 Å². The maximum atomic E-state index is 12.9. The Hall–Kier alpha value is -2.41. The first-order valence-corrected chi connectivity index (χ1v) is 12.2. The number of fused-ring (bicyclic) bond motifs is 1. The molecule has 1 aromatic rings. The van der Waals surface area contributed by atoms with Crippen molar-refractivity contribution in [3.63, 3.8) is 0 Å². The van der Waals surface area contributed by atoms with Gasteiger partial charge in [-0.15, -0.1) is 0 Å². The molecular formula is C20H25F3N4O5S. The Bertz CT molecular complexity index is 1010. The van der Waals surface area contributed by atoms with Gasteiger partial charge < -0.3 is 19.9 Å². The normalized spacial score (nSPS) is 24.9. The van der Waals surface area contributed by atoms with E-state index >= 15 is 0 Å². The number of urea groups is 1. The molecule has 0 radical (unpaired) electrons. The molecule has 3 fully saturated rings. The summed E-state index contributed by atoms with van der Waals surface area (Å²) in [6, 6.07) is 0.707. The number of piperidine rings is 2. The molecule has 4 heterocycles. The molecular weight excluding hydrogens is 465 g/mol. The fourth-order valence-electron chi connectivity index (χ4n) is 4.59. The molecule has 4 rings (SSSR count). The number of carbonyl (C=O) groups is 2. The van der Waals surface area contributed by atoms with Crippen molar-refractivity contribution >= 4 is 21.8 Å². The number of pyridine rings is 1. The second kappa shape index (κ2) is 9.09. The van der Waals surface area contributed by atoms with Crippen LogP contribution in [0.15, 0.2) is 23.4 Å². The molecule has 13 heteroatoms. The monoisotopic (exact) mass is 490 g/mol. The highest BCUT2D eigenvalue weighted by atomic mass is 32.2. The van der Waals surface area contributed by atoms with Gasteiger partial charge in [0.2, 0.25) is 5.91 Å². The number of ether oxygens (including phenoxy) is 1. The van der Waals surface area contributed by atoms with E-state index in [1.54, 1.807) is 9.80 Å². The second-order valence-electron chi connectivity index (χ2n) is 8.65. The lowest BCUT2D eigenvalue weighted by Crippen LogP contribution is -2.62. The van der Waals surface area contributed by atoms with E-state index in [1.165, 1.54) is 6.20 Å². The number of sulfone groups is 1. The summed E-state index contributed by atoms with van der Waals surface area (Å²) in [5, 5.41) is 2.87. The molecule has 3 amide bonds. The zero-order valence-corrected chi connectivity index (χ0v) is 18.6. The topological polar surface area (TPSA) is 109 Å². The van der Waals surface area contributed by atoms with E-state index in [2.05, 4.69) is 10.3 Å². The van der Waals surface area contributed by atoms with Gasteiger partial charge in [-0.25, -0.2) is 13.2 Å². The molecule has 3 saturated heterocycles. The van der Waals surface area contributed by atoms with Crippen LogP contribution in [0.2, 0.25) is 0 Å². The Morgan fingerprint density at radius 3 is 2.55 bits per heavy atom. The molecule has 0 unspecified atom stereocenters. The summed E-state index contributed by atoms with van der Waals surface area (Å²) >= 11 is 0. The first-order valence-electron chi connectivity index (χ1n) is 10.7. The van der Waals surface area contributed by atoms with Crippen molar-refractivity contribution in [2.75, 3.05) is 32.8 Å². The number of likely N-dealkylation sites (tertiary alicyclic amines) is 2. The molecule has 0 spiro atoms. The van der Waals surface area contributed by atoms with Crippen molar-refractivity contribution in [3.8, 4) is 0 Å². The van der Waals surface area contributed by atoms with Crippen LogP contribution in [0.1, 0.15) is 24.8 Å². The maximum absolute atomic E-state index is 12.9. The lowest BCUT2D eigenvalue weighted by molar-refractivity contribution is -0.139. The van der Waals surface area contributed by atoms with Crippen LogP contribution in [0.25, 0.3) is 0 Å². The van der Waals surface area contributed by atoms with E-state index < -0.39 is 20.2 Å². The third-order valence-electron chi connectivity index (χ3n) is 6.39. The predicted molar refractivity (Wildman–Crippen MR) is 109 cm³/mol. The molecule has 1 aromatic heterocycles. The highest BCUT2D eigenvalue weighted by Gasteiger charge is 2.47. The quantitative estimate of drug-likeness (QED) is 0.685. The van der Waals surface area contributed by atoms with E-state index in [-0.39, 0.29) is 36.6 Å². The summed E-state index contributed by atoms with van der Waals surface area (Å²) in [5.41, 5.74) is -4.96. The van der Waals surface area contributed by atoms with E-state index in [0.29, 0.717) is 63.6 Å². The molecule has 1 N–H and O–H groups in total. The number of hydrogen-bond acceptors (Lipinski definition) is 6. The summed E-state index contributed by atoms with van der Waals surface area (Å²) in [5.74, 6) is -0.0931. The van der Waals surface area contributed by atoms with Gasteiger partial charge >= 0.3 is 11.5 Å². The Morgan fingerprint density at radius 1 is 1.15 bits per heavy atom. The molecule has 0 aliphatic carbocycles. The highest BCUT2D eigenvalue weighted by molar-refractivity contribution is 7.92. The third kappa shape index (κ3) is 5.08. The zero-order chi connectivity index (χ0) is 23.8. The minimum atomic E-state index is -5.44. The van der Waals surface area contributed by atoms with Crippen LogP contribution < -0.4 is 5.32 Å². The van der Waals surface area contributed by atoms with Gasteiger partial charge in [-0.1, -0.05) is 0 Å². The summed E-state index contributed by atoms with van der Waals surface area (Å²) in [6.07, 6.45) is 4.31. The molecule has 2 atom stereocenters. The summed E-state index contributed by atoms with van der Waals surface area (Å²) in [4.78, 5) is 30.8. The van der Waals surface area contributed by atoms with Gasteiger partial charge in [-0.2, -0.15) is 13.2 Å². The van der Waals surface area contributed by atoms with Crippen LogP contribution >= 0.6 is 0 Å². The number of amides is 3. The average Bonchev–Trinajstić information content (AvgIpc) is 2.78. The number of hydrogen-bond donors (Lipinski definition) is 1. The largest absolute Gasteiger partial charge is 0.501 e. The fourth-order valence-corrected chi connectivity index (χ4v) is 5.36. The van der Waals surface area contributed by atoms with Crippen LogP contribution in [-0.4, -0.2) is 85.6 Å². The van der Waals surface area contributed by atoms with E-state index in [1.807, 2.05) is 0 Å². The van der Waals surface area contributed by atoms with Crippen molar-refractivity contribution in [1.29, 1.82) is 0 Å². The van der Waals surface area contributed by atoms with E-state index in [0.717, 1.165) is 6.07 Å². The van der Waals surface area contributed by atoms with Gasteiger partial charge in [0.25, 0.3) is 9.84 Å². The van der Waals surface area contributed by atoms with Gasteiger partial charge in [-0.05, 0) is 43.2 Å². The minimum absolute atomic E-state index is 0.0448. The number of nitrogens with one attached hydrogen (secondary N) is 1. The molecule has 0 bridgehead atoms. The number of rotatable bonds is 3. The molecule has 182 valence electrons. The van der Waals surface area contributed by atoms with Gasteiger partial charge in [0, 0.05) is 38.6 Å². The molecule has 0 saturated carbocycles. The highest BCUT2D eigenvalue weighted by Crippen LogP contribution is 2.31. The molecule has 33 heavy (non-hydrogen) atoms. The fraction of sp³-hybridized carbons (Fsp3) is 0.650. The van der Waals surface area contributed by atoms with E-state index in [4.69, 9.17) is 4.74 Å². The van der Waals surface area contributed by atoms with Crippen molar-refractivity contribution < 1.29 is 35.9 Å². The lowest BCUT2D eigenvalue weighted by Gasteiger charge is -2.43. The minimum Gasteiger partial charge on any atom is -0.366 e. The summed E-state index contributed by atoms with van der Waals surface area (Å²) in [7, 11) is -5.44. The Balaban J connectivity index is 1.31. The van der Waals surface area contributed by atoms with Crippen molar-refractivity contribution in [3.05, 3.63) is 24.0 Å². The van der Waals surface area contributed by atoms with Crippen LogP contribution in [0.4, 0.5) is 18.0 Å². The Labute approximate surface area is 189 Å². The van der Waals surface area contributed by atoms with Crippen LogP contribution in [0, 0.1) is 5.92 Å². The Kier molecular flexibility index (Phi) is 6.54.